The van der Waals surface area contributed by atoms with Crippen LogP contribution in [0.5, 0.6) is 5.75 Å². The first-order valence-electron chi connectivity index (χ1n) is 8.81. The average molecular weight is 346 g/mol. The molecule has 1 aliphatic carbocycles. The fourth-order valence-electron chi connectivity index (χ4n) is 4.11. The number of methoxy groups -OCH3 is 1. The Morgan fingerprint density at radius 1 is 1.04 bits per heavy atom. The zero-order valence-corrected chi connectivity index (χ0v) is 14.7. The van der Waals surface area contributed by atoms with Gasteiger partial charge in [0.1, 0.15) is 16.9 Å². The molecule has 0 fully saturated rings. The van der Waals surface area contributed by atoms with E-state index in [-0.39, 0.29) is 5.63 Å². The molecule has 26 heavy (non-hydrogen) atoms. The van der Waals surface area contributed by atoms with E-state index in [4.69, 9.17) is 13.6 Å². The van der Waals surface area contributed by atoms with Crippen molar-refractivity contribution in [3.05, 3.63) is 63.7 Å². The van der Waals surface area contributed by atoms with Gasteiger partial charge in [-0.15, -0.1) is 0 Å². The minimum absolute atomic E-state index is 0.202. The van der Waals surface area contributed by atoms with Crippen LogP contribution in [0.25, 0.3) is 33.1 Å². The normalized spacial score (nSPS) is 13.5. The molecule has 0 radical (unpaired) electrons. The largest absolute Gasteiger partial charge is 0.497 e. The molecule has 2 aromatic carbocycles. The van der Waals surface area contributed by atoms with Crippen molar-refractivity contribution in [1.29, 1.82) is 0 Å². The van der Waals surface area contributed by atoms with Crippen molar-refractivity contribution < 1.29 is 13.6 Å². The molecule has 1 aliphatic rings. The predicted octanol–water partition coefficient (Wildman–Crippen LogP) is 5.01. The second kappa shape index (κ2) is 5.49. The monoisotopic (exact) mass is 346 g/mol. The summed E-state index contributed by atoms with van der Waals surface area (Å²) >= 11 is 0. The molecular weight excluding hydrogens is 328 g/mol. The fourth-order valence-corrected chi connectivity index (χ4v) is 4.11. The summed E-state index contributed by atoms with van der Waals surface area (Å²) < 4.78 is 16.9. The van der Waals surface area contributed by atoms with Crippen LogP contribution >= 0.6 is 0 Å². The van der Waals surface area contributed by atoms with E-state index in [0.717, 1.165) is 69.2 Å². The third-order valence-corrected chi connectivity index (χ3v) is 5.41. The zero-order chi connectivity index (χ0) is 17.8. The van der Waals surface area contributed by atoms with E-state index in [0.29, 0.717) is 5.58 Å². The van der Waals surface area contributed by atoms with Crippen molar-refractivity contribution in [2.24, 2.45) is 0 Å². The summed E-state index contributed by atoms with van der Waals surface area (Å²) in [5.41, 5.74) is 6.11. The second-order valence-electron chi connectivity index (χ2n) is 6.84. The highest BCUT2D eigenvalue weighted by Crippen LogP contribution is 2.39. The van der Waals surface area contributed by atoms with E-state index in [9.17, 15) is 4.79 Å². The summed E-state index contributed by atoms with van der Waals surface area (Å²) in [7, 11) is 1.66. The standard InChI is InChI=1S/C22H18O4/c1-12-20-18(19(11-25-20)13-5-3-6-14(9-13)24-2)10-17-15-7-4-8-16(15)22(23)26-21(12)17/h3,5-6,9-11H,4,7-8H2,1-2H3. The Labute approximate surface area is 150 Å². The molecular formula is C22H18O4. The number of hydrogen-bond donors (Lipinski definition) is 0. The number of hydrogen-bond acceptors (Lipinski definition) is 4. The van der Waals surface area contributed by atoms with Crippen LogP contribution in [-0.2, 0) is 12.8 Å². The van der Waals surface area contributed by atoms with E-state index in [1.165, 1.54) is 0 Å². The first-order valence-corrected chi connectivity index (χ1v) is 8.81. The SMILES string of the molecule is COc1cccc(-c2coc3c(C)c4oc(=O)c5c(c4cc23)CCC5)c1. The summed E-state index contributed by atoms with van der Waals surface area (Å²) in [5, 5.41) is 2.07. The lowest BCUT2D eigenvalue weighted by Crippen LogP contribution is -2.07. The molecule has 0 bridgehead atoms. The van der Waals surface area contributed by atoms with Gasteiger partial charge in [0.25, 0.3) is 0 Å². The van der Waals surface area contributed by atoms with Crippen molar-refractivity contribution >= 4 is 21.9 Å². The fraction of sp³-hybridized carbons (Fsp3) is 0.227. The Kier molecular flexibility index (Phi) is 3.23. The highest BCUT2D eigenvalue weighted by molar-refractivity contribution is 6.05. The van der Waals surface area contributed by atoms with Crippen LogP contribution in [0.2, 0.25) is 0 Å². The number of furan rings is 1. The molecule has 5 rings (SSSR count). The number of ether oxygens (including phenoxy) is 1. The van der Waals surface area contributed by atoms with Crippen molar-refractivity contribution in [1.82, 2.24) is 0 Å². The van der Waals surface area contributed by atoms with E-state index in [2.05, 4.69) is 6.07 Å². The summed E-state index contributed by atoms with van der Waals surface area (Å²) in [6.45, 7) is 1.95. The number of rotatable bonds is 2. The van der Waals surface area contributed by atoms with Crippen LogP contribution in [0, 0.1) is 6.92 Å². The molecule has 2 aromatic heterocycles. The second-order valence-corrected chi connectivity index (χ2v) is 6.84. The smallest absolute Gasteiger partial charge is 0.339 e. The van der Waals surface area contributed by atoms with Crippen molar-refractivity contribution in [2.75, 3.05) is 7.11 Å². The molecule has 0 aliphatic heterocycles. The van der Waals surface area contributed by atoms with Crippen LogP contribution < -0.4 is 10.4 Å². The van der Waals surface area contributed by atoms with Crippen LogP contribution in [0.1, 0.15) is 23.1 Å². The molecule has 0 unspecified atom stereocenters. The van der Waals surface area contributed by atoms with Gasteiger partial charge in [-0.2, -0.15) is 0 Å². The van der Waals surface area contributed by atoms with Gasteiger partial charge in [0.15, 0.2) is 0 Å². The van der Waals surface area contributed by atoms with Gasteiger partial charge in [-0.1, -0.05) is 12.1 Å². The van der Waals surface area contributed by atoms with Crippen LogP contribution in [0.15, 0.2) is 50.2 Å². The minimum Gasteiger partial charge on any atom is -0.497 e. The highest BCUT2D eigenvalue weighted by atomic mass is 16.5. The molecule has 4 aromatic rings. The highest BCUT2D eigenvalue weighted by Gasteiger charge is 2.23. The Morgan fingerprint density at radius 2 is 1.88 bits per heavy atom. The van der Waals surface area contributed by atoms with Gasteiger partial charge in [0.2, 0.25) is 0 Å². The Balaban J connectivity index is 1.86. The maximum atomic E-state index is 12.3. The van der Waals surface area contributed by atoms with Crippen LogP contribution in [0.4, 0.5) is 0 Å². The molecule has 4 nitrogen and oxygen atoms in total. The maximum absolute atomic E-state index is 12.3. The van der Waals surface area contributed by atoms with Crippen LogP contribution in [0.3, 0.4) is 0 Å². The number of aryl methyl sites for hydroxylation is 2. The third kappa shape index (κ3) is 2.05. The van der Waals surface area contributed by atoms with E-state index in [1.807, 2.05) is 31.2 Å². The topological polar surface area (TPSA) is 52.6 Å². The average Bonchev–Trinajstić information content (AvgIpc) is 3.31. The maximum Gasteiger partial charge on any atom is 0.339 e. The first kappa shape index (κ1) is 15.3. The molecule has 130 valence electrons. The van der Waals surface area contributed by atoms with Crippen molar-refractivity contribution in [3.63, 3.8) is 0 Å². The third-order valence-electron chi connectivity index (χ3n) is 5.41. The zero-order valence-electron chi connectivity index (χ0n) is 14.7. The minimum atomic E-state index is -0.202. The Morgan fingerprint density at radius 3 is 2.73 bits per heavy atom. The van der Waals surface area contributed by atoms with Gasteiger partial charge in [-0.25, -0.2) is 4.79 Å². The lowest BCUT2D eigenvalue weighted by atomic mass is 9.98. The molecule has 2 heterocycles. The van der Waals surface area contributed by atoms with Gasteiger partial charge in [0.05, 0.1) is 13.4 Å². The van der Waals surface area contributed by atoms with E-state index >= 15 is 0 Å². The molecule has 0 N–H and O–H groups in total. The summed E-state index contributed by atoms with van der Waals surface area (Å²) in [4.78, 5) is 12.3. The lowest BCUT2D eigenvalue weighted by molar-refractivity contribution is 0.415. The molecule has 0 amide bonds. The molecule has 0 spiro atoms. The summed E-state index contributed by atoms with van der Waals surface area (Å²) in [6, 6.07) is 10.1. The van der Waals surface area contributed by atoms with Gasteiger partial charge in [0, 0.05) is 27.5 Å². The molecule has 0 atom stereocenters. The Hall–Kier alpha value is -3.01. The first-order chi connectivity index (χ1) is 12.7. The van der Waals surface area contributed by atoms with E-state index in [1.54, 1.807) is 13.4 Å². The van der Waals surface area contributed by atoms with Gasteiger partial charge < -0.3 is 13.6 Å². The van der Waals surface area contributed by atoms with Gasteiger partial charge in [-0.3, -0.25) is 0 Å². The van der Waals surface area contributed by atoms with Gasteiger partial charge >= 0.3 is 5.63 Å². The Bertz CT molecular complexity index is 1230. The quantitative estimate of drug-likeness (QED) is 0.479. The lowest BCUT2D eigenvalue weighted by Gasteiger charge is -2.08. The summed E-state index contributed by atoms with van der Waals surface area (Å²) in [5.74, 6) is 0.807. The summed E-state index contributed by atoms with van der Waals surface area (Å²) in [6.07, 6.45) is 4.50. The number of fused-ring (bicyclic) bond motifs is 4. The number of benzene rings is 2. The predicted molar refractivity (Wildman–Crippen MR) is 101 cm³/mol. The van der Waals surface area contributed by atoms with Crippen LogP contribution in [-0.4, -0.2) is 7.11 Å². The van der Waals surface area contributed by atoms with Crippen molar-refractivity contribution in [3.8, 4) is 16.9 Å². The van der Waals surface area contributed by atoms with E-state index < -0.39 is 0 Å². The molecule has 0 saturated heterocycles. The van der Waals surface area contributed by atoms with Gasteiger partial charge in [-0.05, 0) is 55.5 Å². The molecule has 4 heteroatoms. The molecule has 0 saturated carbocycles. The van der Waals surface area contributed by atoms with Crippen molar-refractivity contribution in [2.45, 2.75) is 26.2 Å².